The van der Waals surface area contributed by atoms with E-state index in [4.69, 9.17) is 14.2 Å². The van der Waals surface area contributed by atoms with E-state index >= 15 is 0 Å². The van der Waals surface area contributed by atoms with Gasteiger partial charge >= 0.3 is 0 Å². The van der Waals surface area contributed by atoms with Crippen LogP contribution < -0.4 is 0 Å². The SMILES string of the molecule is OC[C@@H](O)C[C@H](OCc1ccccc1)[C@H]1COC2(CCCCC2)O1. The van der Waals surface area contributed by atoms with Crippen molar-refractivity contribution in [3.05, 3.63) is 35.9 Å². The molecular weight excluding hydrogens is 308 g/mol. The normalized spacial score (nSPS) is 25.7. The zero-order chi connectivity index (χ0) is 16.8. The summed E-state index contributed by atoms with van der Waals surface area (Å²) in [7, 11) is 0. The summed E-state index contributed by atoms with van der Waals surface area (Å²) in [4.78, 5) is 0. The molecule has 1 aromatic carbocycles. The predicted molar refractivity (Wildman–Crippen MR) is 89.4 cm³/mol. The van der Waals surface area contributed by atoms with Crippen LogP contribution in [0.2, 0.25) is 0 Å². The first-order valence-corrected chi connectivity index (χ1v) is 8.97. The fraction of sp³-hybridized carbons (Fsp3) is 0.684. The Labute approximate surface area is 143 Å². The molecule has 2 aliphatic rings. The van der Waals surface area contributed by atoms with Gasteiger partial charge in [-0.1, -0.05) is 36.8 Å². The van der Waals surface area contributed by atoms with Crippen LogP contribution in [0, 0.1) is 0 Å². The van der Waals surface area contributed by atoms with Crippen LogP contribution in [-0.2, 0) is 20.8 Å². The molecular formula is C19H28O5. The van der Waals surface area contributed by atoms with E-state index in [1.54, 1.807) is 0 Å². The highest BCUT2D eigenvalue weighted by Gasteiger charge is 2.45. The van der Waals surface area contributed by atoms with Crippen LogP contribution in [0.25, 0.3) is 0 Å². The summed E-state index contributed by atoms with van der Waals surface area (Å²) in [5.74, 6) is -0.457. The number of aliphatic hydroxyl groups is 2. The predicted octanol–water partition coefficient (Wildman–Crippen LogP) is 2.39. The molecule has 2 fully saturated rings. The van der Waals surface area contributed by atoms with E-state index in [-0.39, 0.29) is 18.8 Å². The second-order valence-electron chi connectivity index (χ2n) is 6.85. The summed E-state index contributed by atoms with van der Waals surface area (Å²) in [6.07, 6.45) is 4.38. The molecule has 3 rings (SSSR count). The number of aliphatic hydroxyl groups excluding tert-OH is 2. The van der Waals surface area contributed by atoms with E-state index < -0.39 is 11.9 Å². The molecule has 1 saturated carbocycles. The summed E-state index contributed by atoms with van der Waals surface area (Å²) in [6, 6.07) is 9.94. The van der Waals surface area contributed by atoms with E-state index in [0.29, 0.717) is 19.6 Å². The number of hydrogen-bond donors (Lipinski definition) is 2. The van der Waals surface area contributed by atoms with E-state index in [1.165, 1.54) is 6.42 Å². The molecule has 1 heterocycles. The summed E-state index contributed by atoms with van der Waals surface area (Å²) in [5, 5.41) is 19.0. The molecule has 0 radical (unpaired) electrons. The molecule has 1 aromatic rings. The quantitative estimate of drug-likeness (QED) is 0.800. The number of hydrogen-bond acceptors (Lipinski definition) is 5. The van der Waals surface area contributed by atoms with Crippen LogP contribution in [0.5, 0.6) is 0 Å². The average Bonchev–Trinajstić information content (AvgIpc) is 3.03. The van der Waals surface area contributed by atoms with Crippen LogP contribution in [-0.4, -0.2) is 47.5 Å². The van der Waals surface area contributed by atoms with Crippen molar-refractivity contribution in [2.45, 2.75) is 69.2 Å². The van der Waals surface area contributed by atoms with E-state index in [0.717, 1.165) is 31.2 Å². The third kappa shape index (κ3) is 4.55. The van der Waals surface area contributed by atoms with Crippen molar-refractivity contribution >= 4 is 0 Å². The monoisotopic (exact) mass is 336 g/mol. The molecule has 5 heteroatoms. The molecule has 1 spiro atoms. The third-order valence-corrected chi connectivity index (χ3v) is 4.93. The average molecular weight is 336 g/mol. The first-order valence-electron chi connectivity index (χ1n) is 8.97. The van der Waals surface area contributed by atoms with Gasteiger partial charge in [0.1, 0.15) is 6.10 Å². The van der Waals surface area contributed by atoms with Gasteiger partial charge < -0.3 is 24.4 Å². The summed E-state index contributed by atoms with van der Waals surface area (Å²) < 4.78 is 18.3. The van der Waals surface area contributed by atoms with E-state index in [1.807, 2.05) is 30.3 Å². The first-order chi connectivity index (χ1) is 11.7. The van der Waals surface area contributed by atoms with E-state index in [2.05, 4.69) is 0 Å². The highest BCUT2D eigenvalue weighted by atomic mass is 16.8. The maximum atomic E-state index is 9.86. The molecule has 2 N–H and O–H groups in total. The summed E-state index contributed by atoms with van der Waals surface area (Å²) >= 11 is 0. The van der Waals surface area contributed by atoms with Gasteiger partial charge in [-0.15, -0.1) is 0 Å². The summed E-state index contributed by atoms with van der Waals surface area (Å²) in [6.45, 7) is 0.665. The zero-order valence-corrected chi connectivity index (χ0v) is 14.1. The lowest BCUT2D eigenvalue weighted by Crippen LogP contribution is -2.38. The largest absolute Gasteiger partial charge is 0.394 e. The number of ether oxygens (including phenoxy) is 3. The highest BCUT2D eigenvalue weighted by molar-refractivity contribution is 5.13. The van der Waals surface area contributed by atoms with Crippen molar-refractivity contribution in [1.29, 1.82) is 0 Å². The Kier molecular flexibility index (Phi) is 6.25. The highest BCUT2D eigenvalue weighted by Crippen LogP contribution is 2.39. The van der Waals surface area contributed by atoms with Crippen LogP contribution in [0.4, 0.5) is 0 Å². The number of benzene rings is 1. The topological polar surface area (TPSA) is 68.2 Å². The van der Waals surface area contributed by atoms with Crippen molar-refractivity contribution in [1.82, 2.24) is 0 Å². The third-order valence-electron chi connectivity index (χ3n) is 4.93. The van der Waals surface area contributed by atoms with Crippen molar-refractivity contribution < 1.29 is 24.4 Å². The second-order valence-corrected chi connectivity index (χ2v) is 6.85. The van der Waals surface area contributed by atoms with Crippen LogP contribution >= 0.6 is 0 Å². The smallest absolute Gasteiger partial charge is 0.169 e. The van der Waals surface area contributed by atoms with Gasteiger partial charge in [0.15, 0.2) is 5.79 Å². The Morgan fingerprint density at radius 1 is 1.17 bits per heavy atom. The molecule has 1 aliphatic heterocycles. The Bertz CT molecular complexity index is 486. The maximum Gasteiger partial charge on any atom is 0.169 e. The van der Waals surface area contributed by atoms with Gasteiger partial charge in [0.25, 0.3) is 0 Å². The fourth-order valence-corrected chi connectivity index (χ4v) is 3.56. The molecule has 3 atom stereocenters. The van der Waals surface area contributed by atoms with E-state index in [9.17, 15) is 10.2 Å². The molecule has 1 saturated heterocycles. The van der Waals surface area contributed by atoms with Crippen molar-refractivity contribution in [2.75, 3.05) is 13.2 Å². The minimum atomic E-state index is -0.808. The lowest BCUT2D eigenvalue weighted by molar-refractivity contribution is -0.201. The minimum absolute atomic E-state index is 0.201. The molecule has 0 bridgehead atoms. The number of rotatable bonds is 7. The van der Waals surface area contributed by atoms with Gasteiger partial charge in [-0.2, -0.15) is 0 Å². The van der Waals surface area contributed by atoms with Crippen molar-refractivity contribution in [3.63, 3.8) is 0 Å². The molecule has 134 valence electrons. The van der Waals surface area contributed by atoms with Gasteiger partial charge in [0.05, 0.1) is 32.0 Å². The zero-order valence-electron chi connectivity index (χ0n) is 14.1. The minimum Gasteiger partial charge on any atom is -0.394 e. The van der Waals surface area contributed by atoms with Crippen molar-refractivity contribution in [3.8, 4) is 0 Å². The van der Waals surface area contributed by atoms with Gasteiger partial charge in [-0.25, -0.2) is 0 Å². The second kappa shape index (κ2) is 8.41. The molecule has 24 heavy (non-hydrogen) atoms. The van der Waals surface area contributed by atoms with Crippen molar-refractivity contribution in [2.24, 2.45) is 0 Å². The lowest BCUT2D eigenvalue weighted by atomic mass is 9.94. The Morgan fingerprint density at radius 2 is 1.92 bits per heavy atom. The van der Waals surface area contributed by atoms with Crippen LogP contribution in [0.3, 0.4) is 0 Å². The van der Waals surface area contributed by atoms with Gasteiger partial charge in [0, 0.05) is 19.3 Å². The Morgan fingerprint density at radius 3 is 2.62 bits per heavy atom. The Hall–Kier alpha value is -0.980. The summed E-state index contributed by atoms with van der Waals surface area (Å²) in [5.41, 5.74) is 1.08. The van der Waals surface area contributed by atoms with Gasteiger partial charge in [-0.3, -0.25) is 0 Å². The van der Waals surface area contributed by atoms with Gasteiger partial charge in [0.2, 0.25) is 0 Å². The lowest BCUT2D eigenvalue weighted by Gasteiger charge is -2.33. The maximum absolute atomic E-state index is 9.86. The standard InChI is InChI=1S/C19H28O5/c20-12-16(21)11-17(22-13-15-7-3-1-4-8-15)18-14-23-19(24-18)9-5-2-6-10-19/h1,3-4,7-8,16-18,20-21H,2,5-6,9-14H2/t16-,17-,18+/m0/s1. The first kappa shape index (κ1) is 17.8. The fourth-order valence-electron chi connectivity index (χ4n) is 3.56. The molecule has 5 nitrogen and oxygen atoms in total. The molecule has 0 unspecified atom stereocenters. The molecule has 0 amide bonds. The molecule has 0 aromatic heterocycles. The Balaban J connectivity index is 1.61. The van der Waals surface area contributed by atoms with Crippen LogP contribution in [0.1, 0.15) is 44.1 Å². The molecule has 1 aliphatic carbocycles. The van der Waals surface area contributed by atoms with Crippen LogP contribution in [0.15, 0.2) is 30.3 Å². The van der Waals surface area contributed by atoms with Gasteiger partial charge in [-0.05, 0) is 18.4 Å².